The van der Waals surface area contributed by atoms with Crippen molar-refractivity contribution in [2.75, 3.05) is 46.1 Å². The number of hydrogen-bond donors (Lipinski definition) is 1. The number of allylic oxidation sites excluding steroid dienone is 1. The highest BCUT2D eigenvalue weighted by atomic mass is 19.1. The molecule has 5 rings (SSSR count). The Hall–Kier alpha value is -2.57. The Morgan fingerprint density at radius 2 is 1.97 bits per heavy atom. The first-order chi connectivity index (χ1) is 15.6. The largest absolute Gasteiger partial charge is 0.508 e. The van der Waals surface area contributed by atoms with E-state index in [-0.39, 0.29) is 24.4 Å². The van der Waals surface area contributed by atoms with Crippen LogP contribution in [0.25, 0.3) is 5.57 Å². The number of halogens is 1. The molecule has 0 amide bonds. The molecule has 0 spiro atoms. The van der Waals surface area contributed by atoms with Crippen molar-refractivity contribution in [3.63, 3.8) is 0 Å². The molecule has 3 heterocycles. The highest BCUT2D eigenvalue weighted by molar-refractivity contribution is 5.76. The van der Waals surface area contributed by atoms with Gasteiger partial charge in [0.2, 0.25) is 0 Å². The summed E-state index contributed by atoms with van der Waals surface area (Å²) in [4.78, 5) is 2.22. The van der Waals surface area contributed by atoms with E-state index in [1.165, 1.54) is 5.57 Å². The number of hydrogen-bond acceptors (Lipinski definition) is 5. The summed E-state index contributed by atoms with van der Waals surface area (Å²) >= 11 is 0. The van der Waals surface area contributed by atoms with Gasteiger partial charge in [0, 0.05) is 43.6 Å². The fraction of sp³-hybridized carbons (Fsp3) is 0.462. The van der Waals surface area contributed by atoms with Crippen molar-refractivity contribution in [1.29, 1.82) is 0 Å². The van der Waals surface area contributed by atoms with Gasteiger partial charge in [-0.1, -0.05) is 12.1 Å². The van der Waals surface area contributed by atoms with Crippen LogP contribution in [0, 0.1) is 11.8 Å². The number of fused-ring (bicyclic) bond motifs is 1. The standard InChI is InChI=1S/C26H30FNO4/c1-17-23-12-21(29)4-7-24(23)32-26(25(17)20-8-10-30-16-20)19-2-5-22(6-3-19)31-11-9-28-14-18(13-27)15-28/h2-7,12,18,20,26,29H,8-11,13-16H2,1H3. The fourth-order valence-corrected chi connectivity index (χ4v) is 4.99. The molecule has 2 fully saturated rings. The number of likely N-dealkylation sites (tertiary alicyclic amines) is 1. The van der Waals surface area contributed by atoms with Gasteiger partial charge in [-0.25, -0.2) is 0 Å². The fourth-order valence-electron chi connectivity index (χ4n) is 4.99. The topological polar surface area (TPSA) is 51.2 Å². The van der Waals surface area contributed by atoms with Crippen molar-refractivity contribution in [2.24, 2.45) is 11.8 Å². The van der Waals surface area contributed by atoms with Crippen LogP contribution < -0.4 is 9.47 Å². The van der Waals surface area contributed by atoms with Crippen LogP contribution in [-0.4, -0.2) is 56.1 Å². The quantitative estimate of drug-likeness (QED) is 0.683. The van der Waals surface area contributed by atoms with Crippen LogP contribution in [0.1, 0.15) is 30.6 Å². The highest BCUT2D eigenvalue weighted by Crippen LogP contribution is 2.47. The monoisotopic (exact) mass is 439 g/mol. The Kier molecular flexibility index (Phi) is 6.07. The minimum atomic E-state index is -0.226. The molecule has 170 valence electrons. The number of benzene rings is 2. The number of phenols is 1. The van der Waals surface area contributed by atoms with Gasteiger partial charge in [0.1, 0.15) is 30.0 Å². The first-order valence-corrected chi connectivity index (χ1v) is 11.4. The van der Waals surface area contributed by atoms with Crippen molar-refractivity contribution in [1.82, 2.24) is 4.90 Å². The molecule has 2 aromatic carbocycles. The van der Waals surface area contributed by atoms with Crippen LogP contribution in [0.4, 0.5) is 4.39 Å². The summed E-state index contributed by atoms with van der Waals surface area (Å²) in [6.07, 6.45) is 0.785. The lowest BCUT2D eigenvalue weighted by Crippen LogP contribution is -2.49. The highest BCUT2D eigenvalue weighted by Gasteiger charge is 2.35. The average Bonchev–Trinajstić information content (AvgIpc) is 3.30. The van der Waals surface area contributed by atoms with E-state index in [0.29, 0.717) is 19.1 Å². The van der Waals surface area contributed by atoms with E-state index in [0.717, 1.165) is 60.9 Å². The van der Waals surface area contributed by atoms with Gasteiger partial charge < -0.3 is 19.3 Å². The Morgan fingerprint density at radius 1 is 1.16 bits per heavy atom. The number of rotatable bonds is 7. The van der Waals surface area contributed by atoms with E-state index in [1.54, 1.807) is 12.1 Å². The van der Waals surface area contributed by atoms with Crippen molar-refractivity contribution >= 4 is 5.57 Å². The van der Waals surface area contributed by atoms with Crippen LogP contribution in [0.2, 0.25) is 0 Å². The zero-order chi connectivity index (χ0) is 22.1. The van der Waals surface area contributed by atoms with E-state index in [1.807, 2.05) is 18.2 Å². The van der Waals surface area contributed by atoms with E-state index >= 15 is 0 Å². The first-order valence-electron chi connectivity index (χ1n) is 11.4. The maximum atomic E-state index is 12.6. The number of nitrogens with zero attached hydrogens (tertiary/aromatic N) is 1. The van der Waals surface area contributed by atoms with Crippen molar-refractivity contribution < 1.29 is 23.7 Å². The smallest absolute Gasteiger partial charge is 0.146 e. The molecule has 2 atom stereocenters. The van der Waals surface area contributed by atoms with Crippen molar-refractivity contribution in [2.45, 2.75) is 19.4 Å². The molecule has 1 N–H and O–H groups in total. The SMILES string of the molecule is CC1=C(C2CCOC2)C(c2ccc(OCCN3CC(CF)C3)cc2)Oc2ccc(O)cc21. The Morgan fingerprint density at radius 3 is 2.69 bits per heavy atom. The predicted molar refractivity (Wildman–Crippen MR) is 121 cm³/mol. The molecule has 2 aromatic rings. The van der Waals surface area contributed by atoms with Crippen LogP contribution in [0.5, 0.6) is 17.2 Å². The molecule has 0 bridgehead atoms. The molecule has 6 heteroatoms. The third-order valence-electron chi connectivity index (χ3n) is 6.81. The lowest BCUT2D eigenvalue weighted by atomic mass is 9.82. The lowest BCUT2D eigenvalue weighted by Gasteiger charge is -2.37. The van der Waals surface area contributed by atoms with Crippen LogP contribution in [0.15, 0.2) is 48.0 Å². The second kappa shape index (κ2) is 9.12. The normalized spacial score (nSPS) is 23.6. The maximum Gasteiger partial charge on any atom is 0.146 e. The molecule has 2 saturated heterocycles. The lowest BCUT2D eigenvalue weighted by molar-refractivity contribution is 0.0668. The summed E-state index contributed by atoms with van der Waals surface area (Å²) in [5, 5.41) is 9.98. The Bertz CT molecular complexity index is 978. The predicted octanol–water partition coefficient (Wildman–Crippen LogP) is 4.62. The van der Waals surface area contributed by atoms with E-state index in [9.17, 15) is 9.50 Å². The minimum absolute atomic E-state index is 0.188. The summed E-state index contributed by atoms with van der Waals surface area (Å²) in [5.74, 6) is 2.36. The first kappa shape index (κ1) is 21.3. The summed E-state index contributed by atoms with van der Waals surface area (Å²) in [6.45, 7) is 6.42. The van der Waals surface area contributed by atoms with Gasteiger partial charge in [-0.3, -0.25) is 9.29 Å². The van der Waals surface area contributed by atoms with Gasteiger partial charge in [-0.2, -0.15) is 0 Å². The average molecular weight is 440 g/mol. The van der Waals surface area contributed by atoms with Crippen molar-refractivity contribution in [3.8, 4) is 17.2 Å². The molecule has 0 aromatic heterocycles. The van der Waals surface area contributed by atoms with E-state index < -0.39 is 0 Å². The maximum absolute atomic E-state index is 12.6. The van der Waals surface area contributed by atoms with Gasteiger partial charge in [0.05, 0.1) is 13.3 Å². The number of alkyl halides is 1. The molecular weight excluding hydrogens is 409 g/mol. The molecule has 0 saturated carbocycles. The van der Waals surface area contributed by atoms with Crippen LogP contribution >= 0.6 is 0 Å². The molecular formula is C26H30FNO4. The molecule has 3 aliphatic rings. The molecule has 0 aliphatic carbocycles. The zero-order valence-electron chi connectivity index (χ0n) is 18.4. The van der Waals surface area contributed by atoms with Gasteiger partial charge in [-0.05, 0) is 60.4 Å². The van der Waals surface area contributed by atoms with Gasteiger partial charge >= 0.3 is 0 Å². The van der Waals surface area contributed by atoms with Gasteiger partial charge in [0.15, 0.2) is 0 Å². The summed E-state index contributed by atoms with van der Waals surface area (Å²) in [5.41, 5.74) is 4.41. The van der Waals surface area contributed by atoms with Crippen molar-refractivity contribution in [3.05, 3.63) is 59.2 Å². The third-order valence-corrected chi connectivity index (χ3v) is 6.81. The number of phenolic OH excluding ortho intramolecular Hbond substituents is 1. The Labute approximate surface area is 188 Å². The molecule has 2 unspecified atom stereocenters. The molecule has 0 radical (unpaired) electrons. The molecule has 3 aliphatic heterocycles. The van der Waals surface area contributed by atoms with Crippen LogP contribution in [0.3, 0.4) is 0 Å². The third kappa shape index (κ3) is 4.21. The second-order valence-corrected chi connectivity index (χ2v) is 9.02. The molecule has 5 nitrogen and oxygen atoms in total. The summed E-state index contributed by atoms with van der Waals surface area (Å²) < 4.78 is 30.6. The number of aromatic hydroxyl groups is 1. The Balaban J connectivity index is 1.31. The van der Waals surface area contributed by atoms with Gasteiger partial charge in [-0.15, -0.1) is 0 Å². The van der Waals surface area contributed by atoms with E-state index in [2.05, 4.69) is 24.0 Å². The van der Waals surface area contributed by atoms with Gasteiger partial charge in [0.25, 0.3) is 0 Å². The summed E-state index contributed by atoms with van der Waals surface area (Å²) in [6, 6.07) is 13.4. The van der Waals surface area contributed by atoms with E-state index in [4.69, 9.17) is 14.2 Å². The molecule has 32 heavy (non-hydrogen) atoms. The van der Waals surface area contributed by atoms with Crippen LogP contribution in [-0.2, 0) is 4.74 Å². The number of ether oxygens (including phenoxy) is 3. The second-order valence-electron chi connectivity index (χ2n) is 9.02. The minimum Gasteiger partial charge on any atom is -0.508 e. The zero-order valence-corrected chi connectivity index (χ0v) is 18.4. The summed E-state index contributed by atoms with van der Waals surface area (Å²) in [7, 11) is 0.